The molecule has 0 amide bonds. The number of carboxylic acid groups (broad SMARTS) is 1. The number of hydrogen-bond donors (Lipinski definition) is 1. The van der Waals surface area contributed by atoms with E-state index in [9.17, 15) is 9.90 Å². The van der Waals surface area contributed by atoms with E-state index in [4.69, 9.17) is 4.74 Å². The van der Waals surface area contributed by atoms with Gasteiger partial charge in [-0.2, -0.15) is 0 Å². The molecule has 1 saturated carbocycles. The van der Waals surface area contributed by atoms with Gasteiger partial charge < -0.3 is 9.84 Å². The highest BCUT2D eigenvalue weighted by Crippen LogP contribution is 2.31. The number of hydrogen-bond acceptors (Lipinski definition) is 3. The van der Waals surface area contributed by atoms with E-state index in [2.05, 4.69) is 18.7 Å². The highest BCUT2D eigenvalue weighted by molar-refractivity contribution is 5.71. The molecule has 0 aromatic heterocycles. The van der Waals surface area contributed by atoms with Gasteiger partial charge in [-0.25, -0.2) is 0 Å². The van der Waals surface area contributed by atoms with Gasteiger partial charge in [0.25, 0.3) is 0 Å². The van der Waals surface area contributed by atoms with Gasteiger partial charge in [-0.3, -0.25) is 9.69 Å². The smallest absolute Gasteiger partial charge is 0.308 e. The maximum Gasteiger partial charge on any atom is 0.308 e. The molecule has 0 saturated heterocycles. The van der Waals surface area contributed by atoms with Gasteiger partial charge in [-0.05, 0) is 25.7 Å². The summed E-state index contributed by atoms with van der Waals surface area (Å²) < 4.78 is 5.21. The van der Waals surface area contributed by atoms with E-state index in [1.165, 1.54) is 0 Å². The van der Waals surface area contributed by atoms with Crippen molar-refractivity contribution in [2.45, 2.75) is 64.5 Å². The SMILES string of the molecule is CCC(CC)N(CCOC)C1CCCCC1C(=O)O. The van der Waals surface area contributed by atoms with E-state index in [0.717, 1.165) is 45.1 Å². The molecule has 1 N–H and O–H groups in total. The van der Waals surface area contributed by atoms with E-state index in [0.29, 0.717) is 12.6 Å². The van der Waals surface area contributed by atoms with Crippen LogP contribution in [-0.2, 0) is 9.53 Å². The van der Waals surface area contributed by atoms with Crippen LogP contribution >= 0.6 is 0 Å². The van der Waals surface area contributed by atoms with Crippen LogP contribution in [0.5, 0.6) is 0 Å². The fraction of sp³-hybridized carbons (Fsp3) is 0.933. The molecule has 112 valence electrons. The van der Waals surface area contributed by atoms with Crippen molar-refractivity contribution in [1.82, 2.24) is 4.90 Å². The number of aliphatic carboxylic acids is 1. The third-order valence-electron chi connectivity index (χ3n) is 4.44. The van der Waals surface area contributed by atoms with Gasteiger partial charge in [0.15, 0.2) is 0 Å². The second kappa shape index (κ2) is 8.54. The van der Waals surface area contributed by atoms with E-state index >= 15 is 0 Å². The standard InChI is InChI=1S/C15H29NO3/c1-4-12(5-2)16(10-11-19-3)14-9-7-6-8-13(14)15(17)18/h12-14H,4-11H2,1-3H3,(H,17,18). The maximum absolute atomic E-state index is 11.5. The summed E-state index contributed by atoms with van der Waals surface area (Å²) in [6, 6.07) is 0.659. The van der Waals surface area contributed by atoms with Crippen molar-refractivity contribution in [2.24, 2.45) is 5.92 Å². The van der Waals surface area contributed by atoms with Crippen LogP contribution in [0.3, 0.4) is 0 Å². The molecule has 0 aromatic rings. The Morgan fingerprint density at radius 2 is 1.95 bits per heavy atom. The molecule has 0 aliphatic heterocycles. The Kier molecular flexibility index (Phi) is 7.39. The zero-order valence-electron chi connectivity index (χ0n) is 12.6. The fourth-order valence-electron chi connectivity index (χ4n) is 3.37. The van der Waals surface area contributed by atoms with Crippen molar-refractivity contribution >= 4 is 5.97 Å². The molecule has 0 aromatic carbocycles. The maximum atomic E-state index is 11.5. The molecule has 2 atom stereocenters. The third-order valence-corrected chi connectivity index (χ3v) is 4.44. The summed E-state index contributed by atoms with van der Waals surface area (Å²) in [5.41, 5.74) is 0. The Balaban J connectivity index is 2.82. The summed E-state index contributed by atoms with van der Waals surface area (Å²) in [6.45, 7) is 5.90. The third kappa shape index (κ3) is 4.46. The van der Waals surface area contributed by atoms with Crippen molar-refractivity contribution < 1.29 is 14.6 Å². The minimum Gasteiger partial charge on any atom is -0.481 e. The van der Waals surface area contributed by atoms with Gasteiger partial charge in [-0.1, -0.05) is 26.7 Å². The first-order chi connectivity index (χ1) is 9.15. The molecule has 1 fully saturated rings. The molecule has 4 heteroatoms. The second-order valence-corrected chi connectivity index (χ2v) is 5.50. The van der Waals surface area contributed by atoms with Crippen molar-refractivity contribution in [3.05, 3.63) is 0 Å². The minimum atomic E-state index is -0.627. The lowest BCUT2D eigenvalue weighted by atomic mass is 9.82. The Labute approximate surface area is 117 Å². The van der Waals surface area contributed by atoms with E-state index in [-0.39, 0.29) is 12.0 Å². The van der Waals surface area contributed by atoms with Crippen LogP contribution < -0.4 is 0 Å². The predicted octanol–water partition coefficient (Wildman–Crippen LogP) is 2.77. The number of ether oxygens (including phenoxy) is 1. The first-order valence-electron chi connectivity index (χ1n) is 7.63. The number of nitrogens with zero attached hydrogens (tertiary/aromatic N) is 1. The molecule has 2 unspecified atom stereocenters. The quantitative estimate of drug-likeness (QED) is 0.737. The molecule has 0 heterocycles. The molecule has 4 nitrogen and oxygen atoms in total. The van der Waals surface area contributed by atoms with Gasteiger partial charge in [0.2, 0.25) is 0 Å². The summed E-state index contributed by atoms with van der Waals surface area (Å²) in [4.78, 5) is 13.9. The molecule has 19 heavy (non-hydrogen) atoms. The summed E-state index contributed by atoms with van der Waals surface area (Å²) >= 11 is 0. The van der Waals surface area contributed by atoms with Crippen molar-refractivity contribution in [1.29, 1.82) is 0 Å². The largest absolute Gasteiger partial charge is 0.481 e. The van der Waals surface area contributed by atoms with Crippen LogP contribution in [0.2, 0.25) is 0 Å². The van der Waals surface area contributed by atoms with Crippen molar-refractivity contribution in [3.8, 4) is 0 Å². The molecule has 1 aliphatic carbocycles. The lowest BCUT2D eigenvalue weighted by Crippen LogP contribution is -2.51. The number of carbonyl (C=O) groups is 1. The highest BCUT2D eigenvalue weighted by atomic mass is 16.5. The molecular weight excluding hydrogens is 242 g/mol. The van der Waals surface area contributed by atoms with Crippen LogP contribution in [-0.4, -0.2) is 48.3 Å². The van der Waals surface area contributed by atoms with Crippen molar-refractivity contribution in [3.63, 3.8) is 0 Å². The number of carboxylic acids is 1. The van der Waals surface area contributed by atoms with E-state index in [1.807, 2.05) is 0 Å². The van der Waals surface area contributed by atoms with Crippen molar-refractivity contribution in [2.75, 3.05) is 20.3 Å². The predicted molar refractivity (Wildman–Crippen MR) is 76.3 cm³/mol. The van der Waals surface area contributed by atoms with Crippen LogP contribution in [0.1, 0.15) is 52.4 Å². The average Bonchev–Trinajstić information content (AvgIpc) is 2.43. The normalized spacial score (nSPS) is 24.1. The Bertz CT molecular complexity index is 266. The van der Waals surface area contributed by atoms with E-state index in [1.54, 1.807) is 7.11 Å². The van der Waals surface area contributed by atoms with Gasteiger partial charge in [-0.15, -0.1) is 0 Å². The first kappa shape index (κ1) is 16.4. The fourth-order valence-corrected chi connectivity index (χ4v) is 3.37. The number of methoxy groups -OCH3 is 1. The summed E-state index contributed by atoms with van der Waals surface area (Å²) in [5.74, 6) is -0.829. The molecule has 1 aliphatic rings. The van der Waals surface area contributed by atoms with Gasteiger partial charge >= 0.3 is 5.97 Å². The Morgan fingerprint density at radius 1 is 1.32 bits per heavy atom. The topological polar surface area (TPSA) is 49.8 Å². The van der Waals surface area contributed by atoms with Gasteiger partial charge in [0.1, 0.15) is 0 Å². The molecule has 0 spiro atoms. The molecular formula is C15H29NO3. The van der Waals surface area contributed by atoms with Gasteiger partial charge in [0.05, 0.1) is 12.5 Å². The lowest BCUT2D eigenvalue weighted by Gasteiger charge is -2.42. The second-order valence-electron chi connectivity index (χ2n) is 5.50. The van der Waals surface area contributed by atoms with Crippen LogP contribution in [0.25, 0.3) is 0 Å². The number of rotatable bonds is 8. The summed E-state index contributed by atoms with van der Waals surface area (Å²) in [5, 5.41) is 9.45. The average molecular weight is 271 g/mol. The van der Waals surface area contributed by atoms with E-state index < -0.39 is 5.97 Å². The molecule has 0 bridgehead atoms. The minimum absolute atomic E-state index is 0.186. The van der Waals surface area contributed by atoms with Crippen LogP contribution in [0.4, 0.5) is 0 Å². The zero-order valence-corrected chi connectivity index (χ0v) is 12.6. The highest BCUT2D eigenvalue weighted by Gasteiger charge is 2.36. The molecule has 1 rings (SSSR count). The summed E-state index contributed by atoms with van der Waals surface area (Å²) in [6.07, 6.45) is 6.18. The Morgan fingerprint density at radius 3 is 2.47 bits per heavy atom. The van der Waals surface area contributed by atoms with Crippen LogP contribution in [0, 0.1) is 5.92 Å². The molecule has 0 radical (unpaired) electrons. The van der Waals surface area contributed by atoms with Crippen LogP contribution in [0.15, 0.2) is 0 Å². The first-order valence-corrected chi connectivity index (χ1v) is 7.63. The lowest BCUT2D eigenvalue weighted by molar-refractivity contribution is -0.146. The monoisotopic (exact) mass is 271 g/mol. The van der Waals surface area contributed by atoms with Gasteiger partial charge in [0, 0.05) is 25.7 Å². The Hall–Kier alpha value is -0.610. The summed E-state index contributed by atoms with van der Waals surface area (Å²) in [7, 11) is 1.71. The zero-order chi connectivity index (χ0) is 14.3.